The van der Waals surface area contributed by atoms with E-state index in [0.29, 0.717) is 23.1 Å². The maximum Gasteiger partial charge on any atom is 0.280 e. The summed E-state index contributed by atoms with van der Waals surface area (Å²) in [7, 11) is 1.49. The van der Waals surface area contributed by atoms with Gasteiger partial charge < -0.3 is 15.8 Å². The van der Waals surface area contributed by atoms with E-state index in [1.807, 2.05) is 13.8 Å². The number of nitrogens with two attached hydrogens (primary N) is 1. The van der Waals surface area contributed by atoms with Crippen LogP contribution in [-0.4, -0.2) is 43.5 Å². The predicted molar refractivity (Wildman–Crippen MR) is 122 cm³/mol. The molecule has 34 heavy (non-hydrogen) atoms. The van der Waals surface area contributed by atoms with Gasteiger partial charge in [0.05, 0.1) is 11.9 Å². The summed E-state index contributed by atoms with van der Waals surface area (Å²) in [6.45, 7) is 4.43. The van der Waals surface area contributed by atoms with Crippen molar-refractivity contribution in [3.63, 3.8) is 0 Å². The molecule has 4 aromatic heterocycles. The molecule has 4 aromatic rings. The Labute approximate surface area is 196 Å². The Morgan fingerprint density at radius 1 is 1.32 bits per heavy atom. The number of nitrogens with one attached hydrogen (secondary N) is 1. The number of aryl methyl sites for hydroxylation is 1. The molecule has 0 aliphatic rings. The van der Waals surface area contributed by atoms with E-state index in [9.17, 15) is 18.4 Å². The fourth-order valence-electron chi connectivity index (χ4n) is 3.63. The van der Waals surface area contributed by atoms with Crippen molar-refractivity contribution in [1.29, 1.82) is 0 Å². The Morgan fingerprint density at radius 2 is 2.09 bits per heavy atom. The van der Waals surface area contributed by atoms with Crippen LogP contribution in [0, 0.1) is 6.92 Å². The molecular formula is C21H21F2N7O3S. The van der Waals surface area contributed by atoms with E-state index in [1.165, 1.54) is 23.9 Å². The largest absolute Gasteiger partial charge is 0.365 e. The molecule has 4 heterocycles. The van der Waals surface area contributed by atoms with Crippen molar-refractivity contribution in [3.8, 4) is 11.1 Å². The minimum Gasteiger partial charge on any atom is -0.365 e. The number of fused-ring (bicyclic) bond motifs is 1. The number of carbonyl (C=O) groups is 2. The summed E-state index contributed by atoms with van der Waals surface area (Å²) >= 11 is 0.835. The maximum absolute atomic E-state index is 13.7. The number of thiophene rings is 1. The minimum atomic E-state index is -2.84. The minimum absolute atomic E-state index is 0.0135. The van der Waals surface area contributed by atoms with Crippen LogP contribution in [-0.2, 0) is 18.0 Å². The number of carbonyl (C=O) groups excluding carboxylic acids is 2. The van der Waals surface area contributed by atoms with Crippen LogP contribution in [0.5, 0.6) is 0 Å². The van der Waals surface area contributed by atoms with Crippen LogP contribution in [0.4, 0.5) is 14.5 Å². The smallest absolute Gasteiger partial charge is 0.280 e. The quantitative estimate of drug-likeness (QED) is 0.389. The Balaban J connectivity index is 1.92. The number of hydrogen-bond acceptors (Lipinski definition) is 7. The first-order chi connectivity index (χ1) is 16.2. The summed E-state index contributed by atoms with van der Waals surface area (Å²) in [4.78, 5) is 29.4. The lowest BCUT2D eigenvalue weighted by molar-refractivity contribution is 0.100. The van der Waals surface area contributed by atoms with Gasteiger partial charge in [0.15, 0.2) is 5.69 Å². The molecule has 0 unspecified atom stereocenters. The molecule has 4 rings (SSSR count). The van der Waals surface area contributed by atoms with Crippen LogP contribution in [0.1, 0.15) is 44.9 Å². The van der Waals surface area contributed by atoms with Gasteiger partial charge in [-0.3, -0.25) is 14.3 Å². The Hall–Kier alpha value is -3.71. The average Bonchev–Trinajstić information content (AvgIpc) is 3.50. The number of ether oxygens (including phenoxy) is 1. The Bertz CT molecular complexity index is 1390. The zero-order chi connectivity index (χ0) is 24.6. The van der Waals surface area contributed by atoms with Gasteiger partial charge in [-0.1, -0.05) is 0 Å². The number of pyridine rings is 1. The van der Waals surface area contributed by atoms with Crippen molar-refractivity contribution in [2.24, 2.45) is 5.73 Å². The normalized spacial score (nSPS) is 11.5. The molecule has 0 aliphatic carbocycles. The van der Waals surface area contributed by atoms with E-state index in [4.69, 9.17) is 10.5 Å². The number of aromatic nitrogens is 5. The number of nitrogens with zero attached hydrogens (tertiary/aromatic N) is 5. The van der Waals surface area contributed by atoms with Gasteiger partial charge in [-0.25, -0.2) is 18.4 Å². The van der Waals surface area contributed by atoms with Gasteiger partial charge in [0.2, 0.25) is 0 Å². The number of amides is 2. The predicted octanol–water partition coefficient (Wildman–Crippen LogP) is 3.58. The maximum atomic E-state index is 13.7. The first-order valence-electron chi connectivity index (χ1n) is 10.2. The molecule has 10 nitrogen and oxygen atoms in total. The first kappa shape index (κ1) is 23.4. The molecule has 178 valence electrons. The molecule has 0 saturated carbocycles. The SMILES string of the molecule is CCn1ncc(-c2cc(C(F)F)nc3sc(C(N)=O)c(NC(=O)c4ccn(COC)n4)c23)c1C. The van der Waals surface area contributed by atoms with E-state index in [1.54, 1.807) is 17.1 Å². The lowest BCUT2D eigenvalue weighted by atomic mass is 10.0. The Kier molecular flexibility index (Phi) is 6.39. The summed E-state index contributed by atoms with van der Waals surface area (Å²) in [5, 5.41) is 11.4. The number of anilines is 1. The van der Waals surface area contributed by atoms with Crippen LogP contribution >= 0.6 is 11.3 Å². The van der Waals surface area contributed by atoms with Crippen molar-refractivity contribution in [2.75, 3.05) is 12.4 Å². The second-order valence-corrected chi connectivity index (χ2v) is 8.32. The highest BCUT2D eigenvalue weighted by molar-refractivity contribution is 7.21. The highest BCUT2D eigenvalue weighted by Gasteiger charge is 2.26. The number of halogens is 2. The van der Waals surface area contributed by atoms with Crippen molar-refractivity contribution in [2.45, 2.75) is 33.5 Å². The van der Waals surface area contributed by atoms with E-state index in [2.05, 4.69) is 20.5 Å². The van der Waals surface area contributed by atoms with Gasteiger partial charge in [0, 0.05) is 36.5 Å². The van der Waals surface area contributed by atoms with Crippen molar-refractivity contribution in [3.05, 3.63) is 46.5 Å². The van der Waals surface area contributed by atoms with E-state index in [-0.39, 0.29) is 27.8 Å². The zero-order valence-electron chi connectivity index (χ0n) is 18.5. The summed E-state index contributed by atoms with van der Waals surface area (Å²) in [6.07, 6.45) is 0.276. The molecular weight excluding hydrogens is 468 g/mol. The van der Waals surface area contributed by atoms with E-state index >= 15 is 0 Å². The van der Waals surface area contributed by atoms with Gasteiger partial charge in [0.1, 0.15) is 22.1 Å². The van der Waals surface area contributed by atoms with Crippen LogP contribution in [0.3, 0.4) is 0 Å². The monoisotopic (exact) mass is 489 g/mol. The molecule has 0 saturated heterocycles. The van der Waals surface area contributed by atoms with E-state index in [0.717, 1.165) is 17.0 Å². The summed E-state index contributed by atoms with van der Waals surface area (Å²) < 4.78 is 35.4. The van der Waals surface area contributed by atoms with Gasteiger partial charge in [-0.15, -0.1) is 11.3 Å². The van der Waals surface area contributed by atoms with Gasteiger partial charge in [0.25, 0.3) is 18.2 Å². The second kappa shape index (κ2) is 9.27. The third-order valence-electron chi connectivity index (χ3n) is 5.20. The molecule has 0 bridgehead atoms. The van der Waals surface area contributed by atoms with Crippen LogP contribution in [0.2, 0.25) is 0 Å². The van der Waals surface area contributed by atoms with E-state index < -0.39 is 23.9 Å². The first-order valence-corrected chi connectivity index (χ1v) is 11.0. The second-order valence-electron chi connectivity index (χ2n) is 7.32. The highest BCUT2D eigenvalue weighted by Crippen LogP contribution is 2.43. The topological polar surface area (TPSA) is 130 Å². The molecule has 13 heteroatoms. The number of hydrogen-bond donors (Lipinski definition) is 2. The molecule has 0 aliphatic heterocycles. The zero-order valence-corrected chi connectivity index (χ0v) is 19.3. The molecule has 0 aromatic carbocycles. The number of alkyl halides is 2. The van der Waals surface area contributed by atoms with Crippen molar-refractivity contribution >= 4 is 39.1 Å². The molecule has 0 fully saturated rings. The summed E-state index contributed by atoms with van der Waals surface area (Å²) in [6, 6.07) is 2.73. The third kappa shape index (κ3) is 4.15. The van der Waals surface area contributed by atoms with Crippen molar-refractivity contribution in [1.82, 2.24) is 24.5 Å². The fourth-order valence-corrected chi connectivity index (χ4v) is 4.64. The van der Waals surface area contributed by atoms with Gasteiger partial charge in [-0.05, 0) is 31.5 Å². The highest BCUT2D eigenvalue weighted by atomic mass is 32.1. The molecule has 3 N–H and O–H groups in total. The number of methoxy groups -OCH3 is 1. The molecule has 2 amide bonds. The summed E-state index contributed by atoms with van der Waals surface area (Å²) in [5.41, 5.74) is 6.94. The average molecular weight is 490 g/mol. The summed E-state index contributed by atoms with van der Waals surface area (Å²) in [5.74, 6) is -1.43. The molecule has 0 atom stereocenters. The molecule has 0 radical (unpaired) electrons. The Morgan fingerprint density at radius 3 is 2.71 bits per heavy atom. The lowest BCUT2D eigenvalue weighted by Gasteiger charge is -2.10. The van der Waals surface area contributed by atoms with Crippen LogP contribution < -0.4 is 11.1 Å². The third-order valence-corrected chi connectivity index (χ3v) is 6.29. The lowest BCUT2D eigenvalue weighted by Crippen LogP contribution is -2.17. The molecule has 0 spiro atoms. The van der Waals surface area contributed by atoms with Crippen LogP contribution in [0.15, 0.2) is 24.5 Å². The standard InChI is InChI=1S/C21H21F2N7O3S/c1-4-30-10(2)12(8-25-30)11-7-14(18(22)23)26-21-15(11)16(17(34-21)19(24)31)27-20(32)13-5-6-29(28-13)9-33-3/h5-8,18H,4,9H2,1-3H3,(H2,24,31)(H,27,32). The van der Waals surface area contributed by atoms with Gasteiger partial charge in [-0.2, -0.15) is 10.2 Å². The fraction of sp³-hybridized carbons (Fsp3) is 0.286. The number of primary amides is 1. The van der Waals surface area contributed by atoms with Crippen LogP contribution in [0.25, 0.3) is 21.3 Å². The number of rotatable bonds is 8. The van der Waals surface area contributed by atoms with Gasteiger partial charge >= 0.3 is 0 Å². The van der Waals surface area contributed by atoms with Crippen molar-refractivity contribution < 1.29 is 23.1 Å².